The molecule has 4 rings (SSSR count). The number of fused-ring (bicyclic) bond motifs is 3. The molecular weight excluding hydrogens is 426 g/mol. The monoisotopic (exact) mass is 453 g/mol. The number of nitrogens with one attached hydrogen (secondary N) is 1. The number of amides is 1. The van der Waals surface area contributed by atoms with Gasteiger partial charge >= 0.3 is 18.0 Å². The van der Waals surface area contributed by atoms with E-state index < -0.39 is 42.6 Å². The van der Waals surface area contributed by atoms with E-state index in [1.165, 1.54) is 13.8 Å². The van der Waals surface area contributed by atoms with Gasteiger partial charge in [-0.1, -0.05) is 48.5 Å². The largest absolute Gasteiger partial charge is 0.460 e. The van der Waals surface area contributed by atoms with Gasteiger partial charge in [0.1, 0.15) is 12.7 Å². The molecule has 2 aliphatic rings. The standard InChI is InChI=1S/C25H27NO7/c1-14-24(22(32-15(2)27)12-23(31-14)33-16(3)28)26-25(29)30-13-21-19-10-6-4-8-17(19)18-9-5-7-11-20(18)21/h4-11,14,21-24H,12-13H2,1-3H3,(H,26,29)/t14-,22-,23+,24+/m0/s1. The second-order valence-corrected chi connectivity index (χ2v) is 8.26. The van der Waals surface area contributed by atoms with Crippen molar-refractivity contribution in [1.29, 1.82) is 0 Å². The summed E-state index contributed by atoms with van der Waals surface area (Å²) in [5.74, 6) is -1.08. The number of hydrogen-bond donors (Lipinski definition) is 1. The molecule has 0 saturated carbocycles. The minimum absolute atomic E-state index is 0.0687. The average molecular weight is 453 g/mol. The molecule has 174 valence electrons. The van der Waals surface area contributed by atoms with Crippen LogP contribution in [-0.2, 0) is 28.5 Å². The molecule has 0 bridgehead atoms. The zero-order chi connectivity index (χ0) is 23.5. The van der Waals surface area contributed by atoms with Crippen molar-refractivity contribution in [3.63, 3.8) is 0 Å². The summed E-state index contributed by atoms with van der Waals surface area (Å²) in [6, 6.07) is 15.5. The van der Waals surface area contributed by atoms with Crippen molar-refractivity contribution in [3.8, 4) is 11.1 Å². The van der Waals surface area contributed by atoms with Crippen LogP contribution in [-0.4, -0.2) is 49.2 Å². The highest BCUT2D eigenvalue weighted by molar-refractivity contribution is 5.79. The molecule has 8 nitrogen and oxygen atoms in total. The van der Waals surface area contributed by atoms with Crippen LogP contribution in [0.15, 0.2) is 48.5 Å². The SMILES string of the molecule is CC(=O)O[C@@H]1C[C@H](OC(C)=O)[C@H](NC(=O)OCC2c3ccccc3-c3ccccc32)[C@H](C)O1. The lowest BCUT2D eigenvalue weighted by Crippen LogP contribution is -2.57. The molecule has 1 aliphatic heterocycles. The summed E-state index contributed by atoms with van der Waals surface area (Å²) in [6.07, 6.45) is -2.69. The van der Waals surface area contributed by atoms with Crippen LogP contribution in [0.2, 0.25) is 0 Å². The predicted octanol–water partition coefficient (Wildman–Crippen LogP) is 3.52. The Morgan fingerprint density at radius 1 is 0.939 bits per heavy atom. The van der Waals surface area contributed by atoms with Crippen LogP contribution in [0.1, 0.15) is 44.2 Å². The van der Waals surface area contributed by atoms with Gasteiger partial charge in [-0.15, -0.1) is 0 Å². The Bertz CT molecular complexity index is 1010. The van der Waals surface area contributed by atoms with Gasteiger partial charge in [-0.05, 0) is 29.2 Å². The topological polar surface area (TPSA) is 100 Å². The highest BCUT2D eigenvalue weighted by Gasteiger charge is 2.41. The number of benzene rings is 2. The molecule has 0 aromatic heterocycles. The Kier molecular flexibility index (Phi) is 6.65. The summed E-state index contributed by atoms with van der Waals surface area (Å²) in [6.45, 7) is 4.43. The molecule has 2 aromatic rings. The van der Waals surface area contributed by atoms with Crippen molar-refractivity contribution in [3.05, 3.63) is 59.7 Å². The number of carbonyl (C=O) groups is 3. The van der Waals surface area contributed by atoms with E-state index in [1.54, 1.807) is 6.92 Å². The van der Waals surface area contributed by atoms with Gasteiger partial charge < -0.3 is 24.3 Å². The molecule has 1 fully saturated rings. The fourth-order valence-corrected chi connectivity index (χ4v) is 4.60. The van der Waals surface area contributed by atoms with Crippen LogP contribution < -0.4 is 5.32 Å². The summed E-state index contributed by atoms with van der Waals surface area (Å²) in [4.78, 5) is 35.6. The van der Waals surface area contributed by atoms with E-state index in [4.69, 9.17) is 18.9 Å². The van der Waals surface area contributed by atoms with E-state index in [0.717, 1.165) is 22.3 Å². The first-order valence-corrected chi connectivity index (χ1v) is 10.9. The van der Waals surface area contributed by atoms with Crippen LogP contribution in [0.3, 0.4) is 0 Å². The van der Waals surface area contributed by atoms with Gasteiger partial charge in [0, 0.05) is 26.2 Å². The lowest BCUT2D eigenvalue weighted by Gasteiger charge is -2.39. The highest BCUT2D eigenvalue weighted by atomic mass is 16.7. The zero-order valence-electron chi connectivity index (χ0n) is 18.8. The van der Waals surface area contributed by atoms with Crippen molar-refractivity contribution in [2.24, 2.45) is 0 Å². The quantitative estimate of drug-likeness (QED) is 0.546. The zero-order valence-corrected chi connectivity index (χ0v) is 18.8. The molecule has 4 atom stereocenters. The van der Waals surface area contributed by atoms with Crippen LogP contribution in [0.25, 0.3) is 11.1 Å². The Morgan fingerprint density at radius 3 is 2.09 bits per heavy atom. The number of carbonyl (C=O) groups excluding carboxylic acids is 3. The van der Waals surface area contributed by atoms with Crippen LogP contribution in [0.4, 0.5) is 4.79 Å². The number of alkyl carbamates (subject to hydrolysis) is 1. The molecule has 0 unspecified atom stereocenters. The van der Waals surface area contributed by atoms with Gasteiger partial charge in [0.05, 0.1) is 12.1 Å². The van der Waals surface area contributed by atoms with Gasteiger partial charge in [-0.25, -0.2) is 4.79 Å². The maximum atomic E-state index is 12.7. The summed E-state index contributed by atoms with van der Waals surface area (Å²) in [5, 5.41) is 2.77. The van der Waals surface area contributed by atoms with Crippen molar-refractivity contribution >= 4 is 18.0 Å². The molecule has 2 aromatic carbocycles. The lowest BCUT2D eigenvalue weighted by atomic mass is 9.98. The van der Waals surface area contributed by atoms with E-state index >= 15 is 0 Å². The third kappa shape index (κ3) is 5.01. The summed E-state index contributed by atoms with van der Waals surface area (Å²) < 4.78 is 21.8. The Hall–Kier alpha value is -3.39. The molecule has 1 heterocycles. The smallest absolute Gasteiger partial charge is 0.407 e. The number of hydrogen-bond acceptors (Lipinski definition) is 7. The van der Waals surface area contributed by atoms with Crippen molar-refractivity contribution < 1.29 is 33.3 Å². The van der Waals surface area contributed by atoms with E-state index in [2.05, 4.69) is 17.4 Å². The fourth-order valence-electron chi connectivity index (χ4n) is 4.60. The molecule has 1 saturated heterocycles. The molecule has 1 amide bonds. The Labute approximate surface area is 192 Å². The van der Waals surface area contributed by atoms with E-state index in [9.17, 15) is 14.4 Å². The van der Waals surface area contributed by atoms with Crippen LogP contribution in [0, 0.1) is 0 Å². The lowest BCUT2D eigenvalue weighted by molar-refractivity contribution is -0.223. The van der Waals surface area contributed by atoms with Gasteiger partial charge in [0.15, 0.2) is 0 Å². The molecule has 8 heteroatoms. The third-order valence-electron chi connectivity index (χ3n) is 5.94. The second-order valence-electron chi connectivity index (χ2n) is 8.26. The summed E-state index contributed by atoms with van der Waals surface area (Å²) in [7, 11) is 0. The number of esters is 2. The fraction of sp³-hybridized carbons (Fsp3) is 0.400. The molecule has 1 N–H and O–H groups in total. The first kappa shape index (κ1) is 22.8. The van der Waals surface area contributed by atoms with Crippen molar-refractivity contribution in [2.45, 2.75) is 57.6 Å². The minimum atomic E-state index is -0.859. The molecular formula is C25H27NO7. The predicted molar refractivity (Wildman–Crippen MR) is 118 cm³/mol. The maximum Gasteiger partial charge on any atom is 0.407 e. The van der Waals surface area contributed by atoms with Crippen molar-refractivity contribution in [2.75, 3.05) is 6.61 Å². The maximum absolute atomic E-state index is 12.7. The van der Waals surface area contributed by atoms with Crippen molar-refractivity contribution in [1.82, 2.24) is 5.32 Å². The molecule has 0 radical (unpaired) electrons. The van der Waals surface area contributed by atoms with Gasteiger partial charge in [-0.3, -0.25) is 9.59 Å². The molecule has 1 aliphatic carbocycles. The Morgan fingerprint density at radius 2 is 1.52 bits per heavy atom. The number of rotatable bonds is 5. The van der Waals surface area contributed by atoms with Gasteiger partial charge in [0.25, 0.3) is 0 Å². The van der Waals surface area contributed by atoms with Gasteiger partial charge in [0.2, 0.25) is 6.29 Å². The van der Waals surface area contributed by atoms with E-state index in [1.807, 2.05) is 36.4 Å². The van der Waals surface area contributed by atoms with Crippen LogP contribution >= 0.6 is 0 Å². The van der Waals surface area contributed by atoms with Crippen LogP contribution in [0.5, 0.6) is 0 Å². The first-order valence-electron chi connectivity index (χ1n) is 10.9. The van der Waals surface area contributed by atoms with E-state index in [0.29, 0.717) is 0 Å². The number of ether oxygens (including phenoxy) is 4. The normalized spacial score (nSPS) is 23.7. The third-order valence-corrected chi connectivity index (χ3v) is 5.94. The summed E-state index contributed by atoms with van der Waals surface area (Å²) >= 11 is 0. The Balaban J connectivity index is 1.43. The minimum Gasteiger partial charge on any atom is -0.460 e. The van der Waals surface area contributed by atoms with E-state index in [-0.39, 0.29) is 18.9 Å². The molecule has 0 spiro atoms. The first-order chi connectivity index (χ1) is 15.8. The summed E-state index contributed by atoms with van der Waals surface area (Å²) in [5.41, 5.74) is 4.51. The van der Waals surface area contributed by atoms with Gasteiger partial charge in [-0.2, -0.15) is 0 Å². The average Bonchev–Trinajstić information content (AvgIpc) is 3.08. The second kappa shape index (κ2) is 9.62. The highest BCUT2D eigenvalue weighted by Crippen LogP contribution is 2.44. The molecule has 33 heavy (non-hydrogen) atoms.